The maximum Gasteiger partial charge on any atom is 0.418 e. The average molecular weight is 253 g/mol. The summed E-state index contributed by atoms with van der Waals surface area (Å²) in [4.78, 5) is 21.0. The molecule has 0 saturated heterocycles. The highest BCUT2D eigenvalue weighted by molar-refractivity contribution is 5.92. The highest BCUT2D eigenvalue weighted by Crippen LogP contribution is 2.24. The molecule has 2 amide bonds. The van der Waals surface area contributed by atoms with E-state index < -0.39 is 23.7 Å². The number of hydrogen-bond acceptors (Lipinski definition) is 4. The van der Waals surface area contributed by atoms with Gasteiger partial charge in [0.15, 0.2) is 0 Å². The Balaban J connectivity index is 4.84. The molecule has 17 heavy (non-hydrogen) atoms. The molecule has 0 radical (unpaired) electrons. The van der Waals surface area contributed by atoms with E-state index in [-0.39, 0.29) is 18.9 Å². The summed E-state index contributed by atoms with van der Waals surface area (Å²) in [5.41, 5.74) is 4.78. The minimum Gasteiger partial charge on any atom is -0.463 e. The van der Waals surface area contributed by atoms with Crippen LogP contribution in [0.15, 0.2) is 16.8 Å². The van der Waals surface area contributed by atoms with E-state index in [0.29, 0.717) is 0 Å². The number of hydrogen-bond donors (Lipinski definition) is 2. The molecule has 9 heteroatoms. The van der Waals surface area contributed by atoms with E-state index >= 15 is 0 Å². The highest BCUT2D eigenvalue weighted by Gasteiger charge is 2.33. The summed E-state index contributed by atoms with van der Waals surface area (Å²) in [6.07, 6.45) is -4.33. The zero-order valence-electron chi connectivity index (χ0n) is 8.75. The van der Waals surface area contributed by atoms with E-state index in [1.807, 2.05) is 0 Å². The van der Waals surface area contributed by atoms with E-state index in [9.17, 15) is 22.8 Å². The van der Waals surface area contributed by atoms with Gasteiger partial charge in [0.2, 0.25) is 0 Å². The van der Waals surface area contributed by atoms with Crippen LogP contribution in [0.2, 0.25) is 0 Å². The lowest BCUT2D eigenvalue weighted by atomic mass is 10.2. The van der Waals surface area contributed by atoms with Crippen molar-refractivity contribution in [2.75, 3.05) is 6.61 Å². The zero-order chi connectivity index (χ0) is 13.5. The number of nitrogens with one attached hydrogen (secondary N) is 1. The largest absolute Gasteiger partial charge is 0.463 e. The number of carbonyl (C=O) groups is 2. The lowest BCUT2D eigenvalue weighted by Gasteiger charge is -2.06. The van der Waals surface area contributed by atoms with Gasteiger partial charge in [-0.05, 0) is 6.92 Å². The van der Waals surface area contributed by atoms with Crippen molar-refractivity contribution >= 4 is 18.2 Å². The van der Waals surface area contributed by atoms with Crippen molar-refractivity contribution in [1.29, 1.82) is 0 Å². The van der Waals surface area contributed by atoms with Gasteiger partial charge >= 0.3 is 18.2 Å². The molecule has 0 unspecified atom stereocenters. The Bertz CT molecular complexity index is 350. The summed E-state index contributed by atoms with van der Waals surface area (Å²) in [5.74, 6) is -1.16. The van der Waals surface area contributed by atoms with Gasteiger partial charge in [-0.2, -0.15) is 18.3 Å². The number of amides is 2. The number of primary amides is 1. The van der Waals surface area contributed by atoms with Gasteiger partial charge in [-0.25, -0.2) is 15.0 Å². The van der Waals surface area contributed by atoms with Gasteiger partial charge < -0.3 is 10.5 Å². The predicted octanol–water partition coefficient (Wildman–Crippen LogP) is 0.692. The third kappa shape index (κ3) is 6.93. The highest BCUT2D eigenvalue weighted by atomic mass is 19.4. The normalized spacial score (nSPS) is 12.6. The van der Waals surface area contributed by atoms with E-state index in [2.05, 4.69) is 15.6 Å². The molecule has 96 valence electrons. The molecule has 0 saturated carbocycles. The molecule has 0 aromatic carbocycles. The Morgan fingerprint density at radius 3 is 2.47 bits per heavy atom. The molecule has 0 bridgehead atoms. The van der Waals surface area contributed by atoms with E-state index in [4.69, 9.17) is 0 Å². The van der Waals surface area contributed by atoms with Crippen LogP contribution in [0, 0.1) is 0 Å². The van der Waals surface area contributed by atoms with Crippen molar-refractivity contribution in [2.45, 2.75) is 13.1 Å². The van der Waals surface area contributed by atoms with Crippen molar-refractivity contribution in [3.8, 4) is 0 Å². The number of alkyl halides is 3. The molecule has 0 aliphatic carbocycles. The first-order valence-electron chi connectivity index (χ1n) is 4.31. The quantitative estimate of drug-likeness (QED) is 0.334. The fourth-order valence-corrected chi connectivity index (χ4v) is 0.669. The molecule has 0 atom stereocenters. The van der Waals surface area contributed by atoms with Crippen LogP contribution in [-0.4, -0.2) is 31.0 Å². The first-order valence-corrected chi connectivity index (χ1v) is 4.31. The van der Waals surface area contributed by atoms with Crippen molar-refractivity contribution in [3.05, 3.63) is 11.6 Å². The maximum absolute atomic E-state index is 12.3. The van der Waals surface area contributed by atoms with Gasteiger partial charge in [-0.1, -0.05) is 0 Å². The first-order chi connectivity index (χ1) is 7.77. The van der Waals surface area contributed by atoms with Crippen LogP contribution in [0.25, 0.3) is 0 Å². The number of ether oxygens (including phenoxy) is 1. The second-order valence-electron chi connectivity index (χ2n) is 2.58. The van der Waals surface area contributed by atoms with Crippen LogP contribution >= 0.6 is 0 Å². The minimum atomic E-state index is -4.80. The molecule has 0 heterocycles. The Hall–Kier alpha value is -2.06. The number of nitrogens with two attached hydrogens (primary N) is 1. The molecule has 0 rings (SSSR count). The second kappa shape index (κ2) is 6.51. The number of carbonyl (C=O) groups excluding carboxylic acids is 2. The van der Waals surface area contributed by atoms with Gasteiger partial charge in [0, 0.05) is 6.08 Å². The van der Waals surface area contributed by atoms with Crippen molar-refractivity contribution in [2.24, 2.45) is 10.8 Å². The van der Waals surface area contributed by atoms with Crippen LogP contribution < -0.4 is 11.2 Å². The van der Waals surface area contributed by atoms with Crippen LogP contribution in [0.3, 0.4) is 0 Å². The SMILES string of the molecule is CCOC(=O)/C=C(\C=N/NC(N)=O)C(F)(F)F. The van der Waals surface area contributed by atoms with Crippen molar-refractivity contribution < 1.29 is 27.5 Å². The topological polar surface area (TPSA) is 93.8 Å². The van der Waals surface area contributed by atoms with Gasteiger partial charge in [0.05, 0.1) is 18.4 Å². The van der Waals surface area contributed by atoms with Crippen LogP contribution in [0.1, 0.15) is 6.92 Å². The van der Waals surface area contributed by atoms with Crippen LogP contribution in [0.4, 0.5) is 18.0 Å². The van der Waals surface area contributed by atoms with E-state index in [1.54, 1.807) is 5.43 Å². The lowest BCUT2D eigenvalue weighted by molar-refractivity contribution is -0.138. The van der Waals surface area contributed by atoms with Crippen molar-refractivity contribution in [3.63, 3.8) is 0 Å². The molecule has 0 fully saturated rings. The molecule has 0 spiro atoms. The van der Waals surface area contributed by atoms with Gasteiger partial charge in [0.1, 0.15) is 0 Å². The number of esters is 1. The molecule has 0 aromatic rings. The predicted molar refractivity (Wildman–Crippen MR) is 52.0 cm³/mol. The summed E-state index contributed by atoms with van der Waals surface area (Å²) in [7, 11) is 0. The number of nitrogens with zero attached hydrogens (tertiary/aromatic N) is 1. The van der Waals surface area contributed by atoms with Gasteiger partial charge in [-0.3, -0.25) is 0 Å². The molecule has 3 N–H and O–H groups in total. The molecule has 0 aliphatic heterocycles. The molecular formula is C8H10F3N3O3. The summed E-state index contributed by atoms with van der Waals surface area (Å²) >= 11 is 0. The smallest absolute Gasteiger partial charge is 0.418 e. The number of halogens is 3. The maximum atomic E-state index is 12.3. The van der Waals surface area contributed by atoms with Crippen LogP contribution in [0.5, 0.6) is 0 Å². The standard InChI is InChI=1S/C8H10F3N3O3/c1-2-17-6(15)3-5(8(9,10)11)4-13-14-7(12)16/h3-4H,2H2,1H3,(H3,12,14,16)/b5-3+,13-4-. The molecule has 6 nitrogen and oxygen atoms in total. The van der Waals surface area contributed by atoms with E-state index in [0.717, 1.165) is 0 Å². The van der Waals surface area contributed by atoms with Gasteiger partial charge in [0.25, 0.3) is 0 Å². The Morgan fingerprint density at radius 2 is 2.06 bits per heavy atom. The Labute approximate surface area is 94.3 Å². The summed E-state index contributed by atoms with van der Waals surface area (Å²) in [6.45, 7) is 1.39. The molecular weight excluding hydrogens is 243 g/mol. The lowest BCUT2D eigenvalue weighted by Crippen LogP contribution is -2.25. The number of rotatable bonds is 4. The average Bonchev–Trinajstić information content (AvgIpc) is 2.14. The summed E-state index contributed by atoms with van der Waals surface area (Å²) < 4.78 is 41.3. The molecule has 0 aromatic heterocycles. The fraction of sp³-hybridized carbons (Fsp3) is 0.375. The molecule has 0 aliphatic rings. The number of allylic oxidation sites excluding steroid dienone is 1. The van der Waals surface area contributed by atoms with Crippen LogP contribution in [-0.2, 0) is 9.53 Å². The van der Waals surface area contributed by atoms with Gasteiger partial charge in [-0.15, -0.1) is 0 Å². The third-order valence-electron chi connectivity index (χ3n) is 1.27. The fourth-order valence-electron chi connectivity index (χ4n) is 0.669. The zero-order valence-corrected chi connectivity index (χ0v) is 8.75. The number of urea groups is 1. The Morgan fingerprint density at radius 1 is 1.47 bits per heavy atom. The third-order valence-corrected chi connectivity index (χ3v) is 1.27. The second-order valence-corrected chi connectivity index (χ2v) is 2.58. The first kappa shape index (κ1) is 14.9. The minimum absolute atomic E-state index is 0.0584. The summed E-state index contributed by atoms with van der Waals surface area (Å²) in [6, 6.07) is -1.13. The monoisotopic (exact) mass is 253 g/mol. The Kier molecular flexibility index (Phi) is 5.72. The number of hydrazone groups is 1. The van der Waals surface area contributed by atoms with Crippen molar-refractivity contribution in [1.82, 2.24) is 5.43 Å². The van der Waals surface area contributed by atoms with E-state index in [1.165, 1.54) is 6.92 Å². The summed E-state index contributed by atoms with van der Waals surface area (Å²) in [5, 5.41) is 2.91.